The van der Waals surface area contributed by atoms with Crippen molar-refractivity contribution in [3.05, 3.63) is 69.1 Å². The molecule has 0 radical (unpaired) electrons. The Bertz CT molecular complexity index is 909. The zero-order valence-electron chi connectivity index (χ0n) is 12.9. The Kier molecular flexibility index (Phi) is 5.43. The van der Waals surface area contributed by atoms with Gasteiger partial charge in [-0.25, -0.2) is 4.79 Å². The van der Waals surface area contributed by atoms with E-state index in [1.807, 2.05) is 18.2 Å². The van der Waals surface area contributed by atoms with Crippen molar-refractivity contribution in [1.29, 1.82) is 0 Å². The molecule has 0 saturated carbocycles. The number of aromatic nitrogens is 2. The lowest BCUT2D eigenvalue weighted by molar-refractivity contribution is 0.0876. The van der Waals surface area contributed by atoms with E-state index in [1.165, 1.54) is 0 Å². The van der Waals surface area contributed by atoms with Gasteiger partial charge in [-0.1, -0.05) is 41.4 Å². The molecule has 0 aliphatic rings. The van der Waals surface area contributed by atoms with E-state index in [-0.39, 0.29) is 19.0 Å². The summed E-state index contributed by atoms with van der Waals surface area (Å²) < 4.78 is 11.6. The SMILES string of the molecule is O=c1oc(-c2ccccc2)nn1CC(O)COc1cc(Cl)ccc1Cl. The number of hydrogen-bond donors (Lipinski definition) is 1. The molecule has 3 aromatic rings. The van der Waals surface area contributed by atoms with Gasteiger partial charge in [0.2, 0.25) is 5.89 Å². The van der Waals surface area contributed by atoms with Crippen LogP contribution >= 0.6 is 23.2 Å². The van der Waals surface area contributed by atoms with Crippen LogP contribution in [0.3, 0.4) is 0 Å². The van der Waals surface area contributed by atoms with Crippen LogP contribution in [0.5, 0.6) is 5.75 Å². The molecular formula is C17H14Cl2N2O4. The number of benzene rings is 2. The summed E-state index contributed by atoms with van der Waals surface area (Å²) >= 11 is 11.9. The topological polar surface area (TPSA) is 77.5 Å². The number of halogens is 2. The second-order valence-electron chi connectivity index (χ2n) is 5.26. The van der Waals surface area contributed by atoms with Gasteiger partial charge in [-0.2, -0.15) is 4.68 Å². The largest absolute Gasteiger partial charge is 0.489 e. The summed E-state index contributed by atoms with van der Waals surface area (Å²) in [4.78, 5) is 11.9. The van der Waals surface area contributed by atoms with Crippen molar-refractivity contribution in [3.63, 3.8) is 0 Å². The summed E-state index contributed by atoms with van der Waals surface area (Å²) in [6.07, 6.45) is -0.985. The molecule has 0 aliphatic heterocycles. The Hall–Kier alpha value is -2.28. The Labute approximate surface area is 153 Å². The van der Waals surface area contributed by atoms with Crippen molar-refractivity contribution in [1.82, 2.24) is 9.78 Å². The Balaban J connectivity index is 1.65. The molecular weight excluding hydrogens is 367 g/mol. The van der Waals surface area contributed by atoms with Gasteiger partial charge in [0.15, 0.2) is 0 Å². The molecule has 0 bridgehead atoms. The van der Waals surface area contributed by atoms with Gasteiger partial charge in [0, 0.05) is 16.7 Å². The van der Waals surface area contributed by atoms with Gasteiger partial charge in [0.1, 0.15) is 18.5 Å². The zero-order valence-corrected chi connectivity index (χ0v) is 14.4. The predicted octanol–water partition coefficient (Wildman–Crippen LogP) is 3.25. The first-order chi connectivity index (χ1) is 12.0. The molecule has 3 rings (SSSR count). The second kappa shape index (κ2) is 7.74. The number of aliphatic hydroxyl groups excluding tert-OH is 1. The van der Waals surface area contributed by atoms with Crippen molar-refractivity contribution >= 4 is 23.2 Å². The van der Waals surface area contributed by atoms with Gasteiger partial charge in [-0.15, -0.1) is 5.10 Å². The summed E-state index contributed by atoms with van der Waals surface area (Å²) in [5.74, 6) is -0.110. The highest BCUT2D eigenvalue weighted by molar-refractivity contribution is 6.34. The summed E-state index contributed by atoms with van der Waals surface area (Å²) in [6.45, 7) is -0.159. The van der Waals surface area contributed by atoms with Gasteiger partial charge in [-0.3, -0.25) is 0 Å². The van der Waals surface area contributed by atoms with Crippen LogP contribution in [0.15, 0.2) is 57.7 Å². The zero-order chi connectivity index (χ0) is 17.8. The van der Waals surface area contributed by atoms with Gasteiger partial charge in [0.25, 0.3) is 0 Å². The molecule has 0 aliphatic carbocycles. The molecule has 1 N–H and O–H groups in total. The first-order valence-corrected chi connectivity index (χ1v) is 8.18. The number of ether oxygens (including phenoxy) is 1. The van der Waals surface area contributed by atoms with Crippen LogP contribution < -0.4 is 10.5 Å². The lowest BCUT2D eigenvalue weighted by atomic mass is 10.2. The standard InChI is InChI=1S/C17H14Cl2N2O4/c18-12-6-7-14(19)15(8-12)24-10-13(22)9-21-17(23)25-16(20-21)11-4-2-1-3-5-11/h1-8,13,22H,9-10H2. The quantitative estimate of drug-likeness (QED) is 0.709. The molecule has 0 spiro atoms. The monoisotopic (exact) mass is 380 g/mol. The van der Waals surface area contributed by atoms with Crippen molar-refractivity contribution in [2.75, 3.05) is 6.61 Å². The fourth-order valence-corrected chi connectivity index (χ4v) is 2.48. The summed E-state index contributed by atoms with van der Waals surface area (Å²) in [5, 5.41) is 15.0. The highest BCUT2D eigenvalue weighted by atomic mass is 35.5. The van der Waals surface area contributed by atoms with E-state index in [1.54, 1.807) is 30.3 Å². The molecule has 1 heterocycles. The minimum Gasteiger partial charge on any atom is -0.489 e. The molecule has 1 atom stereocenters. The van der Waals surface area contributed by atoms with Crippen LogP contribution in [0.4, 0.5) is 0 Å². The van der Waals surface area contributed by atoms with E-state index in [0.717, 1.165) is 4.68 Å². The maximum atomic E-state index is 11.9. The first-order valence-electron chi connectivity index (χ1n) is 7.42. The normalized spacial score (nSPS) is 12.1. The van der Waals surface area contributed by atoms with E-state index >= 15 is 0 Å². The van der Waals surface area contributed by atoms with E-state index in [0.29, 0.717) is 21.4 Å². The molecule has 6 nitrogen and oxygen atoms in total. The van der Waals surface area contributed by atoms with Crippen LogP contribution in [-0.2, 0) is 6.54 Å². The van der Waals surface area contributed by atoms with E-state index in [9.17, 15) is 9.90 Å². The molecule has 0 amide bonds. The van der Waals surface area contributed by atoms with E-state index in [2.05, 4.69) is 5.10 Å². The van der Waals surface area contributed by atoms with Crippen LogP contribution in [0.1, 0.15) is 0 Å². The molecule has 0 saturated heterocycles. The lowest BCUT2D eigenvalue weighted by Crippen LogP contribution is -2.29. The fraction of sp³-hybridized carbons (Fsp3) is 0.176. The van der Waals surface area contributed by atoms with Crippen LogP contribution in [0.2, 0.25) is 10.0 Å². The molecule has 2 aromatic carbocycles. The maximum Gasteiger partial charge on any atom is 0.437 e. The summed E-state index contributed by atoms with van der Waals surface area (Å²) in [6, 6.07) is 13.8. The van der Waals surface area contributed by atoms with Gasteiger partial charge >= 0.3 is 5.76 Å². The molecule has 1 aromatic heterocycles. The number of hydrogen-bond acceptors (Lipinski definition) is 5. The number of aliphatic hydroxyl groups is 1. The molecule has 130 valence electrons. The lowest BCUT2D eigenvalue weighted by Gasteiger charge is -2.12. The van der Waals surface area contributed by atoms with Gasteiger partial charge < -0.3 is 14.3 Å². The third kappa shape index (κ3) is 4.42. The van der Waals surface area contributed by atoms with Crippen molar-refractivity contribution < 1.29 is 14.3 Å². The average Bonchev–Trinajstić information content (AvgIpc) is 2.97. The second-order valence-corrected chi connectivity index (χ2v) is 6.10. The van der Waals surface area contributed by atoms with Gasteiger partial charge in [-0.05, 0) is 24.3 Å². The van der Waals surface area contributed by atoms with Crippen LogP contribution in [0.25, 0.3) is 11.5 Å². The fourth-order valence-electron chi connectivity index (χ4n) is 2.15. The smallest absolute Gasteiger partial charge is 0.437 e. The number of rotatable bonds is 6. The third-order valence-corrected chi connectivity index (χ3v) is 3.88. The molecule has 0 fully saturated rings. The molecule has 8 heteroatoms. The van der Waals surface area contributed by atoms with Crippen LogP contribution in [-0.4, -0.2) is 27.6 Å². The predicted molar refractivity (Wildman–Crippen MR) is 94.2 cm³/mol. The minimum atomic E-state index is -0.985. The van der Waals surface area contributed by atoms with Crippen molar-refractivity contribution in [3.8, 4) is 17.2 Å². The van der Waals surface area contributed by atoms with Crippen molar-refractivity contribution in [2.24, 2.45) is 0 Å². The first kappa shape index (κ1) is 17.5. The average molecular weight is 381 g/mol. The van der Waals surface area contributed by atoms with Crippen LogP contribution in [0, 0.1) is 0 Å². The number of nitrogens with zero attached hydrogens (tertiary/aromatic N) is 2. The summed E-state index contributed by atoms with van der Waals surface area (Å²) in [7, 11) is 0. The van der Waals surface area contributed by atoms with E-state index < -0.39 is 11.9 Å². The highest BCUT2D eigenvalue weighted by Crippen LogP contribution is 2.27. The maximum absolute atomic E-state index is 11.9. The third-order valence-electron chi connectivity index (χ3n) is 3.34. The minimum absolute atomic E-state index is 0.0760. The molecule has 1 unspecified atom stereocenters. The van der Waals surface area contributed by atoms with Gasteiger partial charge in [0.05, 0.1) is 11.6 Å². The highest BCUT2D eigenvalue weighted by Gasteiger charge is 2.15. The Morgan fingerprint density at radius 3 is 2.72 bits per heavy atom. The Morgan fingerprint density at radius 1 is 1.20 bits per heavy atom. The Morgan fingerprint density at radius 2 is 1.96 bits per heavy atom. The van der Waals surface area contributed by atoms with Crippen molar-refractivity contribution in [2.45, 2.75) is 12.6 Å². The molecule has 25 heavy (non-hydrogen) atoms. The van der Waals surface area contributed by atoms with E-state index in [4.69, 9.17) is 32.4 Å². The summed E-state index contributed by atoms with van der Waals surface area (Å²) in [5.41, 5.74) is 0.676.